The molecule has 0 amide bonds. The molecule has 0 aliphatic carbocycles. The molecule has 0 saturated carbocycles. The fourth-order valence-corrected chi connectivity index (χ4v) is 2.09. The van der Waals surface area contributed by atoms with Gasteiger partial charge in [0.2, 0.25) is 0 Å². The minimum Gasteiger partial charge on any atom is -0.353 e. The van der Waals surface area contributed by atoms with Crippen molar-refractivity contribution >= 4 is 5.82 Å². The molecule has 0 radical (unpaired) electrons. The van der Waals surface area contributed by atoms with Crippen molar-refractivity contribution in [3.63, 3.8) is 0 Å². The Bertz CT molecular complexity index is 408. The number of anilines is 1. The van der Waals surface area contributed by atoms with E-state index in [2.05, 4.69) is 35.6 Å². The van der Waals surface area contributed by atoms with E-state index in [4.69, 9.17) is 5.73 Å². The third-order valence-electron chi connectivity index (χ3n) is 3.41. The summed E-state index contributed by atoms with van der Waals surface area (Å²) < 4.78 is 0. The van der Waals surface area contributed by atoms with E-state index in [0.717, 1.165) is 36.8 Å². The Kier molecular flexibility index (Phi) is 3.08. The minimum atomic E-state index is -0.0170. The van der Waals surface area contributed by atoms with Gasteiger partial charge in [-0.25, -0.2) is 9.97 Å². The van der Waals surface area contributed by atoms with Crippen LogP contribution in [0.5, 0.6) is 0 Å². The Hall–Kier alpha value is -1.16. The zero-order chi connectivity index (χ0) is 12.6. The molecule has 0 aromatic carbocycles. The first-order valence-corrected chi connectivity index (χ1v) is 6.33. The van der Waals surface area contributed by atoms with Gasteiger partial charge in [-0.15, -0.1) is 0 Å². The number of aryl methyl sites for hydroxylation is 1. The predicted molar refractivity (Wildman–Crippen MR) is 70.3 cm³/mol. The Morgan fingerprint density at radius 1 is 1.41 bits per heavy atom. The second kappa shape index (κ2) is 4.26. The van der Waals surface area contributed by atoms with Crippen LogP contribution in [0.3, 0.4) is 0 Å². The second-order valence-corrected chi connectivity index (χ2v) is 5.45. The van der Waals surface area contributed by atoms with Gasteiger partial charge in [-0.05, 0) is 13.3 Å². The standard InChI is InChI=1S/C13H22N4/c1-5-13(14)7-17(8-13)11-6-10(4)15-12(16-11)9(2)3/h6,9H,5,7-8,14H2,1-4H3. The highest BCUT2D eigenvalue weighted by Gasteiger charge is 2.38. The highest BCUT2D eigenvalue weighted by Crippen LogP contribution is 2.27. The summed E-state index contributed by atoms with van der Waals surface area (Å²) in [5.74, 6) is 2.31. The zero-order valence-corrected chi connectivity index (χ0v) is 11.2. The van der Waals surface area contributed by atoms with Crippen LogP contribution in [-0.2, 0) is 0 Å². The summed E-state index contributed by atoms with van der Waals surface area (Å²) in [5.41, 5.74) is 7.20. The zero-order valence-electron chi connectivity index (χ0n) is 11.2. The van der Waals surface area contributed by atoms with Crippen molar-refractivity contribution in [2.75, 3.05) is 18.0 Å². The number of hydrogen-bond donors (Lipinski definition) is 1. The molecule has 17 heavy (non-hydrogen) atoms. The summed E-state index contributed by atoms with van der Waals surface area (Å²) in [4.78, 5) is 11.3. The summed E-state index contributed by atoms with van der Waals surface area (Å²) in [5, 5.41) is 0. The fraction of sp³-hybridized carbons (Fsp3) is 0.692. The van der Waals surface area contributed by atoms with Gasteiger partial charge in [0.15, 0.2) is 0 Å². The summed E-state index contributed by atoms with van der Waals surface area (Å²) in [6, 6.07) is 2.04. The van der Waals surface area contributed by atoms with Gasteiger partial charge in [-0.1, -0.05) is 20.8 Å². The lowest BCUT2D eigenvalue weighted by molar-refractivity contribution is 0.319. The van der Waals surface area contributed by atoms with Gasteiger partial charge in [0.05, 0.1) is 5.54 Å². The van der Waals surface area contributed by atoms with E-state index < -0.39 is 0 Å². The van der Waals surface area contributed by atoms with Gasteiger partial charge in [0, 0.05) is 30.8 Å². The van der Waals surface area contributed by atoms with E-state index in [9.17, 15) is 0 Å². The van der Waals surface area contributed by atoms with E-state index in [1.54, 1.807) is 0 Å². The molecule has 0 bridgehead atoms. The van der Waals surface area contributed by atoms with Gasteiger partial charge in [-0.2, -0.15) is 0 Å². The van der Waals surface area contributed by atoms with Crippen LogP contribution in [0.25, 0.3) is 0 Å². The first-order chi connectivity index (χ1) is 7.93. The summed E-state index contributed by atoms with van der Waals surface area (Å²) in [7, 11) is 0. The van der Waals surface area contributed by atoms with E-state index in [1.165, 1.54) is 0 Å². The molecule has 1 aliphatic rings. The maximum absolute atomic E-state index is 6.18. The van der Waals surface area contributed by atoms with Crippen LogP contribution in [0, 0.1) is 6.92 Å². The van der Waals surface area contributed by atoms with Crippen molar-refractivity contribution in [1.29, 1.82) is 0 Å². The largest absolute Gasteiger partial charge is 0.353 e. The Balaban J connectivity index is 2.18. The Morgan fingerprint density at radius 2 is 2.06 bits per heavy atom. The minimum absolute atomic E-state index is 0.0170. The lowest BCUT2D eigenvalue weighted by Gasteiger charge is -2.48. The molecule has 1 aliphatic heterocycles. The Morgan fingerprint density at radius 3 is 2.59 bits per heavy atom. The molecule has 0 unspecified atom stereocenters. The summed E-state index contributed by atoms with van der Waals surface area (Å²) in [6.45, 7) is 10.2. The van der Waals surface area contributed by atoms with Crippen molar-refractivity contribution < 1.29 is 0 Å². The number of rotatable bonds is 3. The van der Waals surface area contributed by atoms with Gasteiger partial charge in [-0.3, -0.25) is 0 Å². The SMILES string of the molecule is CCC1(N)CN(c2cc(C)nc(C(C)C)n2)C1. The van der Waals surface area contributed by atoms with Crippen molar-refractivity contribution in [3.8, 4) is 0 Å². The molecule has 2 N–H and O–H groups in total. The van der Waals surface area contributed by atoms with Gasteiger partial charge < -0.3 is 10.6 Å². The van der Waals surface area contributed by atoms with Crippen molar-refractivity contribution in [2.45, 2.75) is 45.6 Å². The quantitative estimate of drug-likeness (QED) is 0.867. The molecular weight excluding hydrogens is 212 g/mol. The molecular formula is C13H22N4. The van der Waals surface area contributed by atoms with Crippen molar-refractivity contribution in [1.82, 2.24) is 9.97 Å². The van der Waals surface area contributed by atoms with Crippen LogP contribution in [0.2, 0.25) is 0 Å². The monoisotopic (exact) mass is 234 g/mol. The van der Waals surface area contributed by atoms with E-state index in [-0.39, 0.29) is 5.54 Å². The molecule has 4 nitrogen and oxygen atoms in total. The number of nitrogens with two attached hydrogens (primary N) is 1. The third kappa shape index (κ3) is 2.41. The average Bonchev–Trinajstić information content (AvgIpc) is 2.23. The van der Waals surface area contributed by atoms with Gasteiger partial charge in [0.1, 0.15) is 11.6 Å². The van der Waals surface area contributed by atoms with Gasteiger partial charge >= 0.3 is 0 Å². The summed E-state index contributed by atoms with van der Waals surface area (Å²) >= 11 is 0. The van der Waals surface area contributed by atoms with Gasteiger partial charge in [0.25, 0.3) is 0 Å². The van der Waals surface area contributed by atoms with Crippen LogP contribution in [0.15, 0.2) is 6.07 Å². The highest BCUT2D eigenvalue weighted by atomic mass is 15.3. The van der Waals surface area contributed by atoms with Crippen molar-refractivity contribution in [2.24, 2.45) is 5.73 Å². The molecule has 1 aromatic heterocycles. The smallest absolute Gasteiger partial charge is 0.133 e. The molecule has 0 spiro atoms. The van der Waals surface area contributed by atoms with Crippen LogP contribution < -0.4 is 10.6 Å². The Labute approximate surface area is 103 Å². The number of aromatic nitrogens is 2. The van der Waals surface area contributed by atoms with E-state index >= 15 is 0 Å². The molecule has 0 atom stereocenters. The summed E-state index contributed by atoms with van der Waals surface area (Å²) in [6.07, 6.45) is 1.02. The number of hydrogen-bond acceptors (Lipinski definition) is 4. The van der Waals surface area contributed by atoms with Crippen LogP contribution in [0.1, 0.15) is 44.6 Å². The highest BCUT2D eigenvalue weighted by molar-refractivity contribution is 5.45. The normalized spacial score (nSPS) is 18.4. The van der Waals surface area contributed by atoms with Crippen molar-refractivity contribution in [3.05, 3.63) is 17.6 Å². The third-order valence-corrected chi connectivity index (χ3v) is 3.41. The molecule has 94 valence electrons. The molecule has 2 rings (SSSR count). The lowest BCUT2D eigenvalue weighted by Crippen LogP contribution is -2.67. The predicted octanol–water partition coefficient (Wildman–Crippen LogP) is 1.84. The topological polar surface area (TPSA) is 55.0 Å². The first-order valence-electron chi connectivity index (χ1n) is 6.33. The molecule has 4 heteroatoms. The first kappa shape index (κ1) is 12.3. The van der Waals surface area contributed by atoms with Crippen LogP contribution in [0.4, 0.5) is 5.82 Å². The van der Waals surface area contributed by atoms with E-state index in [0.29, 0.717) is 5.92 Å². The average molecular weight is 234 g/mol. The second-order valence-electron chi connectivity index (χ2n) is 5.45. The lowest BCUT2D eigenvalue weighted by atomic mass is 9.88. The van der Waals surface area contributed by atoms with Crippen LogP contribution >= 0.6 is 0 Å². The van der Waals surface area contributed by atoms with Crippen LogP contribution in [-0.4, -0.2) is 28.6 Å². The maximum atomic E-state index is 6.18. The fourth-order valence-electron chi connectivity index (χ4n) is 2.09. The maximum Gasteiger partial charge on any atom is 0.133 e. The molecule has 1 fully saturated rings. The van der Waals surface area contributed by atoms with E-state index in [1.807, 2.05) is 13.0 Å². The number of nitrogens with zero attached hydrogens (tertiary/aromatic N) is 3. The molecule has 1 saturated heterocycles. The molecule has 1 aromatic rings. The molecule has 2 heterocycles.